The predicted molar refractivity (Wildman–Crippen MR) is 59.5 cm³/mol. The molecule has 2 heterocycles. The lowest BCUT2D eigenvalue weighted by molar-refractivity contribution is 0.127. The Morgan fingerprint density at radius 2 is 2.47 bits per heavy atom. The number of hydrogen-bond acceptors (Lipinski definition) is 6. The lowest BCUT2D eigenvalue weighted by atomic mass is 10.3. The molecule has 82 valence electrons. The van der Waals surface area contributed by atoms with Crippen LogP contribution in [-0.4, -0.2) is 27.9 Å². The van der Waals surface area contributed by atoms with Gasteiger partial charge >= 0.3 is 0 Å². The Balaban J connectivity index is 2.03. The Kier molecular flexibility index (Phi) is 3.40. The highest BCUT2D eigenvalue weighted by molar-refractivity contribution is 7.99. The van der Waals surface area contributed by atoms with Gasteiger partial charge in [0.1, 0.15) is 5.03 Å². The number of thioether (sulfide) groups is 1. The molecule has 1 aliphatic heterocycles. The molecule has 2 unspecified atom stereocenters. The number of aromatic nitrogens is 2. The van der Waals surface area contributed by atoms with Gasteiger partial charge in [-0.05, 0) is 13.3 Å². The lowest BCUT2D eigenvalue weighted by Gasteiger charge is -2.12. The van der Waals surface area contributed by atoms with Crippen LogP contribution in [0.25, 0.3) is 0 Å². The normalized spacial score (nSPS) is 25.5. The molecule has 1 saturated heterocycles. The third kappa shape index (κ3) is 2.58. The summed E-state index contributed by atoms with van der Waals surface area (Å²) >= 11 is 1.69. The van der Waals surface area contributed by atoms with Crippen LogP contribution in [-0.2, 0) is 4.74 Å². The van der Waals surface area contributed by atoms with E-state index >= 15 is 0 Å². The summed E-state index contributed by atoms with van der Waals surface area (Å²) in [5, 5.41) is 1.35. The van der Waals surface area contributed by atoms with Gasteiger partial charge in [-0.25, -0.2) is 10.8 Å². The van der Waals surface area contributed by atoms with Crippen molar-refractivity contribution < 1.29 is 4.74 Å². The number of nitrogens with one attached hydrogen (secondary N) is 1. The van der Waals surface area contributed by atoms with E-state index in [1.165, 1.54) is 0 Å². The second kappa shape index (κ2) is 4.78. The second-order valence-electron chi connectivity index (χ2n) is 3.41. The van der Waals surface area contributed by atoms with E-state index in [2.05, 4.69) is 22.3 Å². The molecule has 0 aliphatic carbocycles. The monoisotopic (exact) mass is 226 g/mol. The number of rotatable bonds is 3. The lowest BCUT2D eigenvalue weighted by Crippen LogP contribution is -2.14. The zero-order valence-corrected chi connectivity index (χ0v) is 9.33. The topological polar surface area (TPSA) is 73.1 Å². The molecule has 0 amide bonds. The minimum Gasteiger partial charge on any atom is -0.377 e. The Morgan fingerprint density at radius 1 is 1.60 bits per heavy atom. The van der Waals surface area contributed by atoms with E-state index in [-0.39, 0.29) is 6.10 Å². The molecule has 0 aromatic carbocycles. The molecular formula is C9H14N4OS. The van der Waals surface area contributed by atoms with Crippen molar-refractivity contribution in [2.75, 3.05) is 12.0 Å². The number of hydrazine groups is 1. The maximum absolute atomic E-state index is 5.48. The number of ether oxygens (including phenoxy) is 1. The summed E-state index contributed by atoms with van der Waals surface area (Å²) in [4.78, 5) is 8.35. The second-order valence-corrected chi connectivity index (χ2v) is 4.67. The van der Waals surface area contributed by atoms with Crippen LogP contribution in [0.15, 0.2) is 17.4 Å². The van der Waals surface area contributed by atoms with Gasteiger partial charge in [0.25, 0.3) is 0 Å². The number of anilines is 1. The zero-order valence-electron chi connectivity index (χ0n) is 8.51. The molecule has 0 radical (unpaired) electrons. The van der Waals surface area contributed by atoms with Gasteiger partial charge in [-0.2, -0.15) is 0 Å². The first kappa shape index (κ1) is 10.7. The Hall–Kier alpha value is -0.850. The standard InChI is InChI=1S/C9H14N4OS/c1-6-7(2-3-14-6)15-9-5-11-4-8(12-9)13-10/h4-7H,2-3,10H2,1H3,(H,12,13). The molecule has 2 rings (SSSR count). The van der Waals surface area contributed by atoms with Gasteiger partial charge < -0.3 is 10.2 Å². The van der Waals surface area contributed by atoms with Crippen molar-refractivity contribution in [3.63, 3.8) is 0 Å². The molecule has 2 atom stereocenters. The Bertz CT molecular complexity index is 336. The van der Waals surface area contributed by atoms with Gasteiger partial charge in [-0.1, -0.05) is 11.8 Å². The fourth-order valence-corrected chi connectivity index (χ4v) is 2.56. The van der Waals surface area contributed by atoms with E-state index in [4.69, 9.17) is 10.6 Å². The summed E-state index contributed by atoms with van der Waals surface area (Å²) in [6.45, 7) is 2.92. The van der Waals surface area contributed by atoms with Crippen molar-refractivity contribution in [2.45, 2.75) is 29.7 Å². The van der Waals surface area contributed by atoms with E-state index in [0.29, 0.717) is 11.1 Å². The molecule has 1 aliphatic rings. The van der Waals surface area contributed by atoms with Crippen LogP contribution >= 0.6 is 11.8 Å². The van der Waals surface area contributed by atoms with Crippen LogP contribution in [0.2, 0.25) is 0 Å². The van der Waals surface area contributed by atoms with E-state index < -0.39 is 0 Å². The van der Waals surface area contributed by atoms with Crippen molar-refractivity contribution in [1.29, 1.82) is 0 Å². The Labute approximate surface area is 92.8 Å². The van der Waals surface area contributed by atoms with Crippen molar-refractivity contribution in [3.05, 3.63) is 12.4 Å². The molecule has 0 saturated carbocycles. The summed E-state index contributed by atoms with van der Waals surface area (Å²) in [5.74, 6) is 5.86. The molecule has 5 nitrogen and oxygen atoms in total. The fraction of sp³-hybridized carbons (Fsp3) is 0.556. The number of nitrogens with zero attached hydrogens (tertiary/aromatic N) is 2. The van der Waals surface area contributed by atoms with E-state index in [9.17, 15) is 0 Å². The first-order valence-electron chi connectivity index (χ1n) is 4.86. The van der Waals surface area contributed by atoms with Gasteiger partial charge in [0.15, 0.2) is 5.82 Å². The highest BCUT2D eigenvalue weighted by atomic mass is 32.2. The third-order valence-electron chi connectivity index (χ3n) is 2.34. The molecule has 15 heavy (non-hydrogen) atoms. The van der Waals surface area contributed by atoms with Crippen LogP contribution in [0.4, 0.5) is 5.82 Å². The highest BCUT2D eigenvalue weighted by Crippen LogP contribution is 2.31. The average molecular weight is 226 g/mol. The minimum atomic E-state index is 0.284. The number of hydrogen-bond donors (Lipinski definition) is 2. The van der Waals surface area contributed by atoms with Crippen molar-refractivity contribution in [1.82, 2.24) is 9.97 Å². The molecule has 6 heteroatoms. The van der Waals surface area contributed by atoms with E-state index in [1.54, 1.807) is 24.2 Å². The molecule has 0 spiro atoms. The molecule has 1 aromatic heterocycles. The van der Waals surface area contributed by atoms with Gasteiger partial charge in [0, 0.05) is 11.9 Å². The number of nitrogens with two attached hydrogens (primary N) is 1. The number of nitrogen functional groups attached to an aromatic ring is 1. The third-order valence-corrected chi connectivity index (χ3v) is 3.70. The van der Waals surface area contributed by atoms with Crippen LogP contribution in [0, 0.1) is 0 Å². The quantitative estimate of drug-likeness (QED) is 0.592. The van der Waals surface area contributed by atoms with Crippen molar-refractivity contribution in [3.8, 4) is 0 Å². The average Bonchev–Trinajstić information content (AvgIpc) is 2.65. The summed E-state index contributed by atoms with van der Waals surface area (Å²) in [6, 6.07) is 0. The maximum Gasteiger partial charge on any atom is 0.159 e. The van der Waals surface area contributed by atoms with Gasteiger partial charge in [-0.3, -0.25) is 4.98 Å². The smallest absolute Gasteiger partial charge is 0.159 e. The predicted octanol–water partition coefficient (Wildman–Crippen LogP) is 1.03. The summed E-state index contributed by atoms with van der Waals surface area (Å²) in [6.07, 6.45) is 4.69. The van der Waals surface area contributed by atoms with Crippen LogP contribution in [0.1, 0.15) is 13.3 Å². The van der Waals surface area contributed by atoms with Crippen molar-refractivity contribution >= 4 is 17.6 Å². The molecular weight excluding hydrogens is 212 g/mol. The van der Waals surface area contributed by atoms with Crippen LogP contribution < -0.4 is 11.3 Å². The molecule has 1 fully saturated rings. The van der Waals surface area contributed by atoms with Crippen LogP contribution in [0.5, 0.6) is 0 Å². The first-order valence-corrected chi connectivity index (χ1v) is 5.74. The highest BCUT2D eigenvalue weighted by Gasteiger charge is 2.25. The molecule has 1 aromatic rings. The minimum absolute atomic E-state index is 0.284. The van der Waals surface area contributed by atoms with Gasteiger partial charge in [-0.15, -0.1) is 0 Å². The molecule has 0 bridgehead atoms. The SMILES string of the molecule is CC1OCCC1Sc1cncc(NN)n1. The zero-order chi connectivity index (χ0) is 10.7. The largest absolute Gasteiger partial charge is 0.377 e. The maximum atomic E-state index is 5.48. The fourth-order valence-electron chi connectivity index (χ4n) is 1.50. The molecule has 3 N–H and O–H groups in total. The van der Waals surface area contributed by atoms with E-state index in [1.807, 2.05) is 0 Å². The van der Waals surface area contributed by atoms with Crippen LogP contribution in [0.3, 0.4) is 0 Å². The summed E-state index contributed by atoms with van der Waals surface area (Å²) in [5.41, 5.74) is 2.49. The first-order chi connectivity index (χ1) is 7.29. The summed E-state index contributed by atoms with van der Waals surface area (Å²) in [7, 11) is 0. The van der Waals surface area contributed by atoms with E-state index in [0.717, 1.165) is 18.1 Å². The van der Waals surface area contributed by atoms with Gasteiger partial charge in [0.05, 0.1) is 18.5 Å². The summed E-state index contributed by atoms with van der Waals surface area (Å²) < 4.78 is 5.48. The van der Waals surface area contributed by atoms with Crippen molar-refractivity contribution in [2.24, 2.45) is 5.84 Å². The van der Waals surface area contributed by atoms with Gasteiger partial charge in [0.2, 0.25) is 0 Å². The Morgan fingerprint density at radius 3 is 3.13 bits per heavy atom.